The van der Waals surface area contributed by atoms with E-state index in [9.17, 15) is 0 Å². The lowest BCUT2D eigenvalue weighted by Gasteiger charge is -2.22. The summed E-state index contributed by atoms with van der Waals surface area (Å²) in [6.07, 6.45) is 2.47. The Hall–Kier alpha value is 0.430. The van der Waals surface area contributed by atoms with Crippen molar-refractivity contribution in [2.45, 2.75) is 38.2 Å². The van der Waals surface area contributed by atoms with Crippen molar-refractivity contribution >= 4 is 38.9 Å². The zero-order valence-electron chi connectivity index (χ0n) is 9.50. The summed E-state index contributed by atoms with van der Waals surface area (Å²) in [6, 6.07) is 2.16. The Morgan fingerprint density at radius 1 is 1.69 bits per heavy atom. The molecule has 0 amide bonds. The summed E-state index contributed by atoms with van der Waals surface area (Å²) in [5.41, 5.74) is 1.27. The smallest absolute Gasteiger partial charge is 0.0704 e. The molecule has 0 saturated carbocycles. The summed E-state index contributed by atoms with van der Waals surface area (Å²) in [7, 11) is 0. The number of hydrogen-bond donors (Lipinski definition) is 0. The SMILES string of the molecule is CCC1OCCC1C(Cl)c1cc(Br)sc1C. The Labute approximate surface area is 114 Å². The second-order valence-corrected chi connectivity index (χ2v) is 7.34. The highest BCUT2D eigenvalue weighted by Crippen LogP contribution is 2.43. The summed E-state index contributed by atoms with van der Waals surface area (Å²) in [5.74, 6) is 0.465. The largest absolute Gasteiger partial charge is 0.378 e. The van der Waals surface area contributed by atoms with Crippen LogP contribution in [0.1, 0.15) is 35.6 Å². The van der Waals surface area contributed by atoms with Gasteiger partial charge in [0, 0.05) is 17.4 Å². The minimum atomic E-state index is 0.0926. The normalized spacial score (nSPS) is 27.2. The van der Waals surface area contributed by atoms with Crippen molar-refractivity contribution < 1.29 is 4.74 Å². The summed E-state index contributed by atoms with van der Waals surface area (Å²) in [4.78, 5) is 1.31. The highest BCUT2D eigenvalue weighted by molar-refractivity contribution is 9.11. The predicted molar refractivity (Wildman–Crippen MR) is 73.5 cm³/mol. The molecule has 1 aromatic heterocycles. The van der Waals surface area contributed by atoms with Crippen LogP contribution in [0.2, 0.25) is 0 Å². The Balaban J connectivity index is 2.18. The van der Waals surface area contributed by atoms with Gasteiger partial charge in [0.15, 0.2) is 0 Å². The third-order valence-corrected chi connectivity index (χ3v) is 5.39. The van der Waals surface area contributed by atoms with Gasteiger partial charge in [0.2, 0.25) is 0 Å². The highest BCUT2D eigenvalue weighted by Gasteiger charge is 2.34. The standard InChI is InChI=1S/C12H16BrClOS/c1-3-10-8(4-5-15-10)12(14)9-6-11(13)16-7(9)2/h6,8,10,12H,3-5H2,1-2H3. The first kappa shape index (κ1) is 12.9. The molecule has 16 heavy (non-hydrogen) atoms. The Bertz CT molecular complexity index is 366. The quantitative estimate of drug-likeness (QED) is 0.718. The second kappa shape index (κ2) is 5.38. The van der Waals surface area contributed by atoms with Crippen LogP contribution in [0.5, 0.6) is 0 Å². The lowest BCUT2D eigenvalue weighted by Crippen LogP contribution is -2.19. The predicted octanol–water partition coefficient (Wildman–Crippen LogP) is 4.91. The van der Waals surface area contributed by atoms with Crippen LogP contribution in [-0.2, 0) is 4.74 Å². The van der Waals surface area contributed by atoms with Gasteiger partial charge in [-0.25, -0.2) is 0 Å². The molecule has 3 unspecified atom stereocenters. The van der Waals surface area contributed by atoms with E-state index in [-0.39, 0.29) is 5.38 Å². The molecule has 1 aliphatic rings. The first-order valence-electron chi connectivity index (χ1n) is 5.65. The molecule has 0 bridgehead atoms. The average Bonchev–Trinajstić information content (AvgIpc) is 2.83. The molecule has 4 heteroatoms. The second-order valence-electron chi connectivity index (χ2n) is 4.23. The molecule has 0 aromatic carbocycles. The number of aryl methyl sites for hydroxylation is 1. The van der Waals surface area contributed by atoms with Gasteiger partial charge in [-0.3, -0.25) is 0 Å². The highest BCUT2D eigenvalue weighted by atomic mass is 79.9. The third kappa shape index (κ3) is 2.47. The van der Waals surface area contributed by atoms with E-state index in [0.717, 1.165) is 23.2 Å². The number of hydrogen-bond acceptors (Lipinski definition) is 2. The van der Waals surface area contributed by atoms with E-state index >= 15 is 0 Å². The summed E-state index contributed by atoms with van der Waals surface area (Å²) in [5, 5.41) is 0.0926. The molecule has 1 saturated heterocycles. The van der Waals surface area contributed by atoms with E-state index in [0.29, 0.717) is 12.0 Å². The molecule has 2 heterocycles. The monoisotopic (exact) mass is 322 g/mol. The van der Waals surface area contributed by atoms with Gasteiger partial charge >= 0.3 is 0 Å². The summed E-state index contributed by atoms with van der Waals surface area (Å²) in [6.45, 7) is 5.16. The van der Waals surface area contributed by atoms with Crippen molar-refractivity contribution in [3.8, 4) is 0 Å². The van der Waals surface area contributed by atoms with Gasteiger partial charge in [0.25, 0.3) is 0 Å². The first-order valence-corrected chi connectivity index (χ1v) is 7.69. The maximum absolute atomic E-state index is 6.61. The molecule has 1 nitrogen and oxygen atoms in total. The van der Waals surface area contributed by atoms with Crippen LogP contribution < -0.4 is 0 Å². The minimum Gasteiger partial charge on any atom is -0.378 e. The molecule has 90 valence electrons. The van der Waals surface area contributed by atoms with Gasteiger partial charge in [-0.2, -0.15) is 0 Å². The van der Waals surface area contributed by atoms with Crippen LogP contribution in [0.15, 0.2) is 9.85 Å². The third-order valence-electron chi connectivity index (χ3n) is 3.26. The lowest BCUT2D eigenvalue weighted by molar-refractivity contribution is 0.0864. The molecule has 1 aliphatic heterocycles. The van der Waals surface area contributed by atoms with Gasteiger partial charge in [-0.1, -0.05) is 6.92 Å². The zero-order valence-corrected chi connectivity index (χ0v) is 12.7. The minimum absolute atomic E-state index is 0.0926. The number of alkyl halides is 1. The van der Waals surface area contributed by atoms with E-state index in [1.165, 1.54) is 10.4 Å². The summed E-state index contributed by atoms with van der Waals surface area (Å²) >= 11 is 11.9. The fraction of sp³-hybridized carbons (Fsp3) is 0.667. The number of thiophene rings is 1. The van der Waals surface area contributed by atoms with Crippen molar-refractivity contribution in [2.24, 2.45) is 5.92 Å². The van der Waals surface area contributed by atoms with E-state index in [2.05, 4.69) is 35.8 Å². The molecule has 1 fully saturated rings. The van der Waals surface area contributed by atoms with Crippen molar-refractivity contribution in [3.05, 3.63) is 20.3 Å². The fourth-order valence-electron chi connectivity index (χ4n) is 2.38. The lowest BCUT2D eigenvalue weighted by atomic mass is 9.92. The van der Waals surface area contributed by atoms with Crippen LogP contribution in [0, 0.1) is 12.8 Å². The maximum Gasteiger partial charge on any atom is 0.0704 e. The van der Waals surface area contributed by atoms with Crippen LogP contribution in [0.4, 0.5) is 0 Å². The molecule has 0 aliphatic carbocycles. The Kier molecular flexibility index (Phi) is 4.33. The first-order chi connectivity index (χ1) is 7.63. The van der Waals surface area contributed by atoms with Gasteiger partial charge in [-0.05, 0) is 47.3 Å². The number of halogens is 2. The topological polar surface area (TPSA) is 9.23 Å². The number of ether oxygens (including phenoxy) is 1. The average molecular weight is 324 g/mol. The van der Waals surface area contributed by atoms with Crippen molar-refractivity contribution in [2.75, 3.05) is 6.61 Å². The van der Waals surface area contributed by atoms with Gasteiger partial charge in [0.1, 0.15) is 0 Å². The van der Waals surface area contributed by atoms with Gasteiger partial charge < -0.3 is 4.74 Å². The molecule has 1 aromatic rings. The van der Waals surface area contributed by atoms with E-state index in [4.69, 9.17) is 16.3 Å². The Morgan fingerprint density at radius 3 is 3.00 bits per heavy atom. The number of rotatable bonds is 3. The zero-order chi connectivity index (χ0) is 11.7. The van der Waals surface area contributed by atoms with Crippen LogP contribution in [0.3, 0.4) is 0 Å². The molecule has 0 N–H and O–H groups in total. The van der Waals surface area contributed by atoms with Gasteiger partial charge in [0.05, 0.1) is 15.3 Å². The van der Waals surface area contributed by atoms with Crippen LogP contribution in [-0.4, -0.2) is 12.7 Å². The van der Waals surface area contributed by atoms with Crippen molar-refractivity contribution in [3.63, 3.8) is 0 Å². The molecular formula is C12H16BrClOS. The van der Waals surface area contributed by atoms with Crippen molar-refractivity contribution in [1.82, 2.24) is 0 Å². The van der Waals surface area contributed by atoms with Crippen LogP contribution in [0.25, 0.3) is 0 Å². The van der Waals surface area contributed by atoms with Crippen LogP contribution >= 0.6 is 38.9 Å². The molecule has 0 spiro atoms. The molecular weight excluding hydrogens is 308 g/mol. The molecule has 2 rings (SSSR count). The summed E-state index contributed by atoms with van der Waals surface area (Å²) < 4.78 is 6.88. The maximum atomic E-state index is 6.61. The van der Waals surface area contributed by atoms with Gasteiger partial charge in [-0.15, -0.1) is 22.9 Å². The van der Waals surface area contributed by atoms with E-state index in [1.54, 1.807) is 11.3 Å². The van der Waals surface area contributed by atoms with E-state index < -0.39 is 0 Å². The van der Waals surface area contributed by atoms with E-state index in [1.807, 2.05) is 0 Å². The molecule has 0 radical (unpaired) electrons. The fourth-order valence-corrected chi connectivity index (χ4v) is 4.72. The molecule has 3 atom stereocenters. The van der Waals surface area contributed by atoms with Crippen molar-refractivity contribution in [1.29, 1.82) is 0 Å². The Morgan fingerprint density at radius 2 is 2.44 bits per heavy atom.